The van der Waals surface area contributed by atoms with E-state index in [9.17, 15) is 18.0 Å². The fourth-order valence-electron chi connectivity index (χ4n) is 2.67. The Morgan fingerprint density at radius 2 is 1.71 bits per heavy atom. The molecule has 0 aliphatic carbocycles. The molecule has 0 bridgehead atoms. The molecule has 1 atom stereocenters. The van der Waals surface area contributed by atoms with Crippen molar-refractivity contribution in [3.63, 3.8) is 0 Å². The van der Waals surface area contributed by atoms with Gasteiger partial charge in [-0.3, -0.25) is 4.79 Å². The van der Waals surface area contributed by atoms with Gasteiger partial charge in [-0.1, -0.05) is 30.3 Å². The van der Waals surface area contributed by atoms with Gasteiger partial charge < -0.3 is 4.74 Å². The Balaban J connectivity index is 1.97. The van der Waals surface area contributed by atoms with Crippen molar-refractivity contribution in [3.05, 3.63) is 59.7 Å². The summed E-state index contributed by atoms with van der Waals surface area (Å²) in [5.74, 6) is -0.166. The van der Waals surface area contributed by atoms with Crippen LogP contribution in [0.2, 0.25) is 0 Å². The number of hydrogen-bond donors (Lipinski definition) is 0. The van der Waals surface area contributed by atoms with Crippen LogP contribution in [0.3, 0.4) is 0 Å². The number of methoxy groups -OCH3 is 1. The van der Waals surface area contributed by atoms with Gasteiger partial charge in [-0.25, -0.2) is 4.84 Å². The molecule has 1 heterocycles. The van der Waals surface area contributed by atoms with Crippen LogP contribution in [0, 0.1) is 0 Å². The zero-order valence-corrected chi connectivity index (χ0v) is 12.9. The quantitative estimate of drug-likeness (QED) is 0.852. The van der Waals surface area contributed by atoms with E-state index in [0.29, 0.717) is 16.4 Å². The number of nitrogens with zero attached hydrogens (tertiary/aromatic N) is 1. The topological polar surface area (TPSA) is 38.8 Å². The van der Waals surface area contributed by atoms with Crippen LogP contribution in [0.1, 0.15) is 18.1 Å². The summed E-state index contributed by atoms with van der Waals surface area (Å²) in [6.45, 7) is 1.50. The zero-order valence-electron chi connectivity index (χ0n) is 12.9. The first kappa shape index (κ1) is 16.3. The molecule has 3 rings (SSSR count). The van der Waals surface area contributed by atoms with Gasteiger partial charge in [-0.15, -0.1) is 0 Å². The van der Waals surface area contributed by atoms with Crippen molar-refractivity contribution in [3.8, 4) is 5.75 Å². The minimum absolute atomic E-state index is 0.331. The van der Waals surface area contributed by atoms with Crippen LogP contribution in [0.4, 0.5) is 18.9 Å². The van der Waals surface area contributed by atoms with Crippen LogP contribution in [0.5, 0.6) is 5.75 Å². The molecule has 0 radical (unpaired) electrons. The van der Waals surface area contributed by atoms with Crippen LogP contribution >= 0.6 is 0 Å². The number of benzene rings is 2. The van der Waals surface area contributed by atoms with Gasteiger partial charge in [0.15, 0.2) is 0 Å². The van der Waals surface area contributed by atoms with Crippen molar-refractivity contribution in [2.24, 2.45) is 0 Å². The minimum atomic E-state index is -4.59. The molecule has 0 aromatic heterocycles. The second kappa shape index (κ2) is 5.52. The van der Waals surface area contributed by atoms with Gasteiger partial charge in [0.05, 0.1) is 18.4 Å². The lowest BCUT2D eigenvalue weighted by atomic mass is 9.91. The molecule has 0 spiro atoms. The summed E-state index contributed by atoms with van der Waals surface area (Å²) in [6.07, 6.45) is -4.59. The summed E-state index contributed by atoms with van der Waals surface area (Å²) in [7, 11) is 1.45. The number of amides is 1. The highest BCUT2D eigenvalue weighted by atomic mass is 19.4. The number of carbonyl (C=O) groups is 1. The third-order valence-electron chi connectivity index (χ3n) is 3.92. The molecule has 1 amide bonds. The first-order valence-corrected chi connectivity index (χ1v) is 7.12. The molecule has 2 aromatic carbocycles. The fourth-order valence-corrected chi connectivity index (χ4v) is 2.67. The summed E-state index contributed by atoms with van der Waals surface area (Å²) in [6, 6.07) is 11.5. The number of ether oxygens (including phenoxy) is 1. The van der Waals surface area contributed by atoms with E-state index in [0.717, 1.165) is 6.07 Å². The maximum absolute atomic E-state index is 13.1. The van der Waals surface area contributed by atoms with Gasteiger partial charge in [0, 0.05) is 5.56 Å². The Kier molecular flexibility index (Phi) is 3.76. The molecule has 1 aliphatic rings. The molecular formula is C17H14F3NO3. The standard InChI is InChI=1S/C17H14F3NO3/c1-16(12-8-4-6-10-14(12)23-2)15(22)21(24-16)13-9-5-3-7-11(13)17(18,19)20/h3-10H,1-2H3/t16-/m1/s1. The second-order valence-corrected chi connectivity index (χ2v) is 5.44. The number of anilines is 1. The second-order valence-electron chi connectivity index (χ2n) is 5.44. The highest BCUT2D eigenvalue weighted by molar-refractivity contribution is 6.03. The van der Waals surface area contributed by atoms with Crippen molar-refractivity contribution in [1.29, 1.82) is 0 Å². The number of hydrogen-bond acceptors (Lipinski definition) is 3. The van der Waals surface area contributed by atoms with Gasteiger partial charge in [0.1, 0.15) is 5.75 Å². The lowest BCUT2D eigenvalue weighted by Crippen LogP contribution is -2.61. The Morgan fingerprint density at radius 1 is 1.08 bits per heavy atom. The minimum Gasteiger partial charge on any atom is -0.496 e. The number of hydroxylamine groups is 1. The summed E-state index contributed by atoms with van der Waals surface area (Å²) in [4.78, 5) is 18.1. The lowest BCUT2D eigenvalue weighted by molar-refractivity contribution is -0.187. The summed E-state index contributed by atoms with van der Waals surface area (Å²) >= 11 is 0. The molecule has 126 valence electrons. The zero-order chi connectivity index (χ0) is 17.5. The van der Waals surface area contributed by atoms with Gasteiger partial charge in [-0.2, -0.15) is 18.2 Å². The lowest BCUT2D eigenvalue weighted by Gasteiger charge is -2.46. The Labute approximate surface area is 136 Å². The third-order valence-corrected chi connectivity index (χ3v) is 3.92. The largest absolute Gasteiger partial charge is 0.496 e. The molecular weight excluding hydrogens is 323 g/mol. The highest BCUT2D eigenvalue weighted by Gasteiger charge is 2.55. The van der Waals surface area contributed by atoms with Crippen molar-refractivity contribution in [2.75, 3.05) is 12.2 Å². The van der Waals surface area contributed by atoms with E-state index in [1.54, 1.807) is 24.3 Å². The molecule has 7 heteroatoms. The maximum atomic E-state index is 13.1. The number of para-hydroxylation sites is 2. The van der Waals surface area contributed by atoms with Gasteiger partial charge in [0.25, 0.3) is 5.91 Å². The Hall–Kier alpha value is -2.54. The van der Waals surface area contributed by atoms with Crippen LogP contribution in [0.15, 0.2) is 48.5 Å². The average Bonchev–Trinajstić information content (AvgIpc) is 2.58. The Bertz CT molecular complexity index is 791. The maximum Gasteiger partial charge on any atom is 0.418 e. The van der Waals surface area contributed by atoms with Crippen molar-refractivity contribution < 1.29 is 27.5 Å². The average molecular weight is 337 g/mol. The predicted molar refractivity (Wildman–Crippen MR) is 80.4 cm³/mol. The molecule has 0 N–H and O–H groups in total. The first-order valence-electron chi connectivity index (χ1n) is 7.12. The van der Waals surface area contributed by atoms with Gasteiger partial charge in [0.2, 0.25) is 5.60 Å². The Morgan fingerprint density at radius 3 is 2.33 bits per heavy atom. The summed E-state index contributed by atoms with van der Waals surface area (Å²) < 4.78 is 44.6. The van der Waals surface area contributed by atoms with E-state index in [1.165, 1.54) is 32.2 Å². The molecule has 1 saturated heterocycles. The smallest absolute Gasteiger partial charge is 0.418 e. The van der Waals surface area contributed by atoms with Crippen LogP contribution in [-0.4, -0.2) is 13.0 Å². The number of carbonyl (C=O) groups excluding carboxylic acids is 1. The summed E-state index contributed by atoms with van der Waals surface area (Å²) in [5.41, 5.74) is -2.20. The molecule has 4 nitrogen and oxygen atoms in total. The molecule has 1 fully saturated rings. The summed E-state index contributed by atoms with van der Waals surface area (Å²) in [5, 5.41) is 0.676. The molecule has 1 aliphatic heterocycles. The van der Waals surface area contributed by atoms with Crippen LogP contribution in [-0.2, 0) is 21.4 Å². The monoisotopic (exact) mass is 337 g/mol. The predicted octanol–water partition coefficient (Wildman–Crippen LogP) is 3.91. The van der Waals surface area contributed by atoms with E-state index in [1.807, 2.05) is 0 Å². The number of alkyl halides is 3. The van der Waals surface area contributed by atoms with E-state index in [2.05, 4.69) is 0 Å². The molecule has 2 aromatic rings. The van der Waals surface area contributed by atoms with E-state index < -0.39 is 23.2 Å². The molecule has 0 unspecified atom stereocenters. The van der Waals surface area contributed by atoms with Crippen molar-refractivity contribution in [2.45, 2.75) is 18.7 Å². The van der Waals surface area contributed by atoms with Gasteiger partial charge >= 0.3 is 6.18 Å². The third kappa shape index (κ3) is 2.41. The highest BCUT2D eigenvalue weighted by Crippen LogP contribution is 2.46. The van der Waals surface area contributed by atoms with Crippen LogP contribution < -0.4 is 9.80 Å². The number of halogens is 3. The van der Waals surface area contributed by atoms with Crippen molar-refractivity contribution in [1.82, 2.24) is 0 Å². The van der Waals surface area contributed by atoms with Gasteiger partial charge in [-0.05, 0) is 25.1 Å². The van der Waals surface area contributed by atoms with E-state index in [4.69, 9.17) is 9.57 Å². The molecule has 0 saturated carbocycles. The van der Waals surface area contributed by atoms with E-state index >= 15 is 0 Å². The normalized spacial score (nSPS) is 20.7. The molecule has 24 heavy (non-hydrogen) atoms. The van der Waals surface area contributed by atoms with Crippen molar-refractivity contribution >= 4 is 11.6 Å². The fraction of sp³-hybridized carbons (Fsp3) is 0.235. The SMILES string of the molecule is COc1ccccc1[C@@]1(C)ON(c2ccccc2C(F)(F)F)C1=O. The number of rotatable bonds is 3. The van der Waals surface area contributed by atoms with E-state index in [-0.39, 0.29) is 5.69 Å². The van der Waals surface area contributed by atoms with Crippen LogP contribution in [0.25, 0.3) is 0 Å². The first-order chi connectivity index (χ1) is 11.3.